The number of carbonyl (C=O) groups is 2. The molecule has 1 aromatic rings. The number of fused-ring (bicyclic) bond motifs is 2. The van der Waals surface area contributed by atoms with E-state index in [-0.39, 0.29) is 30.1 Å². The van der Waals surface area contributed by atoms with Gasteiger partial charge in [0.1, 0.15) is 5.92 Å². The van der Waals surface area contributed by atoms with Gasteiger partial charge in [0, 0.05) is 17.1 Å². The zero-order chi connectivity index (χ0) is 22.8. The summed E-state index contributed by atoms with van der Waals surface area (Å²) in [5.41, 5.74) is 0.573. The zero-order valence-corrected chi connectivity index (χ0v) is 19.3. The number of ether oxygens (including phenoxy) is 2. The number of nitrogens with zero attached hydrogens (tertiary/aromatic N) is 1. The van der Waals surface area contributed by atoms with Gasteiger partial charge in [-0.15, -0.1) is 6.58 Å². The van der Waals surface area contributed by atoms with Gasteiger partial charge in [-0.05, 0) is 44.9 Å². The number of hydrogen-bond donors (Lipinski definition) is 1. The molecule has 5 atom stereocenters. The molecule has 2 aliphatic heterocycles. The van der Waals surface area contributed by atoms with Crippen LogP contribution in [0.1, 0.15) is 26.3 Å². The SMILES string of the molecule is C=CCN(C1C(C(=O)OC)[C@@H]2C=C[C@H]1O2)[C@H](Cc1ccc(Cl)cc1)C(=O)NC(C)(C)C. The molecule has 1 amide bonds. The Balaban J connectivity index is 1.98. The molecule has 1 fully saturated rings. The number of benzene rings is 1. The van der Waals surface area contributed by atoms with E-state index in [4.69, 9.17) is 21.1 Å². The van der Waals surface area contributed by atoms with Crippen molar-refractivity contribution in [3.63, 3.8) is 0 Å². The lowest BCUT2D eigenvalue weighted by Gasteiger charge is -2.40. The molecule has 0 saturated carbocycles. The lowest BCUT2D eigenvalue weighted by Crippen LogP contribution is -2.59. The highest BCUT2D eigenvalue weighted by atomic mass is 35.5. The normalized spacial score (nSPS) is 25.5. The molecule has 2 heterocycles. The highest BCUT2D eigenvalue weighted by Gasteiger charge is 2.54. The lowest BCUT2D eigenvalue weighted by molar-refractivity contribution is -0.149. The Hall–Kier alpha value is -2.15. The molecular weight excluding hydrogens is 416 g/mol. The van der Waals surface area contributed by atoms with Crippen molar-refractivity contribution in [1.82, 2.24) is 10.2 Å². The Bertz CT molecular complexity index is 846. The topological polar surface area (TPSA) is 67.9 Å². The minimum atomic E-state index is -0.535. The van der Waals surface area contributed by atoms with E-state index >= 15 is 0 Å². The fourth-order valence-corrected chi connectivity index (χ4v) is 4.48. The predicted octanol–water partition coefficient (Wildman–Crippen LogP) is 3.15. The van der Waals surface area contributed by atoms with Crippen molar-refractivity contribution in [2.75, 3.05) is 13.7 Å². The van der Waals surface area contributed by atoms with Crippen LogP contribution < -0.4 is 5.32 Å². The minimum absolute atomic E-state index is 0.111. The quantitative estimate of drug-likeness (QED) is 0.490. The molecule has 6 nitrogen and oxygen atoms in total. The van der Waals surface area contributed by atoms with Crippen molar-refractivity contribution < 1.29 is 19.1 Å². The maximum Gasteiger partial charge on any atom is 0.313 e. The van der Waals surface area contributed by atoms with Crippen molar-refractivity contribution in [1.29, 1.82) is 0 Å². The van der Waals surface area contributed by atoms with Crippen LogP contribution in [-0.4, -0.2) is 60.3 Å². The Morgan fingerprint density at radius 2 is 1.90 bits per heavy atom. The van der Waals surface area contributed by atoms with Crippen LogP contribution >= 0.6 is 11.6 Å². The summed E-state index contributed by atoms with van der Waals surface area (Å²) in [4.78, 5) is 28.1. The first kappa shape index (κ1) is 23.5. The summed E-state index contributed by atoms with van der Waals surface area (Å²) in [5, 5.41) is 3.74. The zero-order valence-electron chi connectivity index (χ0n) is 18.5. The number of rotatable bonds is 8. The van der Waals surface area contributed by atoms with Crippen LogP contribution in [0, 0.1) is 5.92 Å². The first-order chi connectivity index (χ1) is 14.6. The van der Waals surface area contributed by atoms with Gasteiger partial charge in [0.25, 0.3) is 0 Å². The summed E-state index contributed by atoms with van der Waals surface area (Å²) in [6.07, 6.45) is 5.44. The molecule has 31 heavy (non-hydrogen) atoms. The Morgan fingerprint density at radius 1 is 1.26 bits per heavy atom. The molecule has 2 bridgehead atoms. The summed E-state index contributed by atoms with van der Waals surface area (Å²) in [6.45, 7) is 10.2. The van der Waals surface area contributed by atoms with E-state index in [2.05, 4.69) is 11.9 Å². The van der Waals surface area contributed by atoms with Crippen LogP contribution in [0.5, 0.6) is 0 Å². The maximum absolute atomic E-state index is 13.5. The molecule has 2 unspecified atom stereocenters. The van der Waals surface area contributed by atoms with E-state index < -0.39 is 17.5 Å². The molecule has 2 aliphatic rings. The fourth-order valence-electron chi connectivity index (χ4n) is 4.36. The molecule has 168 valence electrons. The summed E-state index contributed by atoms with van der Waals surface area (Å²) in [6, 6.07) is 6.60. The number of amides is 1. The third kappa shape index (κ3) is 5.37. The molecule has 0 radical (unpaired) electrons. The van der Waals surface area contributed by atoms with E-state index in [0.717, 1.165) is 5.56 Å². The third-order valence-electron chi connectivity index (χ3n) is 5.60. The van der Waals surface area contributed by atoms with E-state index in [0.29, 0.717) is 18.0 Å². The van der Waals surface area contributed by atoms with Gasteiger partial charge in [-0.25, -0.2) is 0 Å². The number of nitrogens with one attached hydrogen (secondary N) is 1. The number of hydrogen-bond acceptors (Lipinski definition) is 5. The maximum atomic E-state index is 13.5. The van der Waals surface area contributed by atoms with Crippen molar-refractivity contribution >= 4 is 23.5 Å². The number of halogens is 1. The molecule has 0 aliphatic carbocycles. The number of esters is 1. The molecule has 1 saturated heterocycles. The first-order valence-electron chi connectivity index (χ1n) is 10.5. The molecule has 0 spiro atoms. The molecule has 1 N–H and O–H groups in total. The second kappa shape index (κ2) is 9.55. The summed E-state index contributed by atoms with van der Waals surface area (Å²) in [5.74, 6) is -0.952. The minimum Gasteiger partial charge on any atom is -0.469 e. The van der Waals surface area contributed by atoms with Crippen molar-refractivity contribution in [3.8, 4) is 0 Å². The number of methoxy groups -OCH3 is 1. The van der Waals surface area contributed by atoms with Crippen LogP contribution in [0.4, 0.5) is 0 Å². The molecule has 1 aromatic carbocycles. The summed E-state index contributed by atoms with van der Waals surface area (Å²) >= 11 is 6.05. The Labute approximate surface area is 189 Å². The molecule has 0 aromatic heterocycles. The van der Waals surface area contributed by atoms with Gasteiger partial charge in [0.15, 0.2) is 0 Å². The van der Waals surface area contributed by atoms with Crippen LogP contribution in [0.3, 0.4) is 0 Å². The smallest absolute Gasteiger partial charge is 0.313 e. The van der Waals surface area contributed by atoms with Crippen molar-refractivity contribution in [2.45, 2.75) is 57.0 Å². The highest BCUT2D eigenvalue weighted by molar-refractivity contribution is 6.30. The van der Waals surface area contributed by atoms with Crippen molar-refractivity contribution in [3.05, 3.63) is 59.7 Å². The van der Waals surface area contributed by atoms with Gasteiger partial charge >= 0.3 is 5.97 Å². The van der Waals surface area contributed by atoms with Gasteiger partial charge in [0.05, 0.1) is 31.4 Å². The van der Waals surface area contributed by atoms with Crippen LogP contribution in [-0.2, 0) is 25.5 Å². The largest absolute Gasteiger partial charge is 0.469 e. The highest BCUT2D eigenvalue weighted by Crippen LogP contribution is 2.39. The van der Waals surface area contributed by atoms with Gasteiger partial charge in [-0.1, -0.05) is 42.0 Å². The van der Waals surface area contributed by atoms with Gasteiger partial charge < -0.3 is 14.8 Å². The van der Waals surface area contributed by atoms with Gasteiger partial charge in [0.2, 0.25) is 5.91 Å². The summed E-state index contributed by atoms with van der Waals surface area (Å²) in [7, 11) is 1.38. The van der Waals surface area contributed by atoms with Crippen LogP contribution in [0.2, 0.25) is 5.02 Å². The predicted molar refractivity (Wildman–Crippen MR) is 121 cm³/mol. The van der Waals surface area contributed by atoms with Crippen molar-refractivity contribution in [2.24, 2.45) is 5.92 Å². The summed E-state index contributed by atoms with van der Waals surface area (Å²) < 4.78 is 11.1. The van der Waals surface area contributed by atoms with Crippen LogP contribution in [0.15, 0.2) is 49.1 Å². The van der Waals surface area contributed by atoms with E-state index in [9.17, 15) is 9.59 Å². The molecule has 3 rings (SSSR count). The van der Waals surface area contributed by atoms with Crippen LogP contribution in [0.25, 0.3) is 0 Å². The standard InChI is InChI=1S/C24H31ClN2O4/c1-6-13-27(21-19-12-11-18(31-19)20(21)23(29)30-5)17(22(28)26-24(2,3)4)14-15-7-9-16(25)10-8-15/h6-12,17-21H,1,13-14H2,2-5H3,(H,26,28)/t17-,18+,19-,20?,21?/m1/s1. The first-order valence-corrected chi connectivity index (χ1v) is 10.9. The second-order valence-corrected chi connectivity index (χ2v) is 9.50. The Kier molecular flexibility index (Phi) is 7.24. The Morgan fingerprint density at radius 3 is 2.48 bits per heavy atom. The van der Waals surface area contributed by atoms with E-state index in [1.54, 1.807) is 6.08 Å². The van der Waals surface area contributed by atoms with E-state index in [1.807, 2.05) is 62.1 Å². The lowest BCUT2D eigenvalue weighted by atomic mass is 9.86. The molecule has 7 heteroatoms. The number of carbonyl (C=O) groups excluding carboxylic acids is 2. The van der Waals surface area contributed by atoms with Gasteiger partial charge in [-0.2, -0.15) is 0 Å². The second-order valence-electron chi connectivity index (χ2n) is 9.06. The average molecular weight is 447 g/mol. The van der Waals surface area contributed by atoms with E-state index in [1.165, 1.54) is 7.11 Å². The third-order valence-corrected chi connectivity index (χ3v) is 5.85. The molecular formula is C24H31ClN2O4. The monoisotopic (exact) mass is 446 g/mol. The van der Waals surface area contributed by atoms with Gasteiger partial charge in [-0.3, -0.25) is 14.5 Å². The fraction of sp³-hybridized carbons (Fsp3) is 0.500. The average Bonchev–Trinajstić information content (AvgIpc) is 3.31.